The van der Waals surface area contributed by atoms with E-state index in [1.807, 2.05) is 18.7 Å². The van der Waals surface area contributed by atoms with Crippen LogP contribution in [-0.2, 0) is 9.53 Å². The van der Waals surface area contributed by atoms with Crippen molar-refractivity contribution in [3.63, 3.8) is 0 Å². The summed E-state index contributed by atoms with van der Waals surface area (Å²) >= 11 is 0. The molecule has 2 aliphatic rings. The van der Waals surface area contributed by atoms with E-state index in [0.29, 0.717) is 31.9 Å². The molecule has 2 amide bonds. The Morgan fingerprint density at radius 1 is 1.12 bits per heavy atom. The highest BCUT2D eigenvalue weighted by Gasteiger charge is 2.34. The average Bonchev–Trinajstić information content (AvgIpc) is 2.60. The maximum atomic E-state index is 12.9. The molecule has 130 valence electrons. The highest BCUT2D eigenvalue weighted by Crippen LogP contribution is 2.22. The van der Waals surface area contributed by atoms with E-state index in [4.69, 9.17) is 4.74 Å². The van der Waals surface area contributed by atoms with Gasteiger partial charge in [-0.1, -0.05) is 0 Å². The van der Waals surface area contributed by atoms with Crippen LogP contribution in [0, 0.1) is 5.92 Å². The lowest BCUT2D eigenvalue weighted by molar-refractivity contribution is -0.148. The van der Waals surface area contributed by atoms with E-state index < -0.39 is 0 Å². The van der Waals surface area contributed by atoms with Gasteiger partial charge in [0.05, 0.1) is 24.3 Å². The predicted molar refractivity (Wildman–Crippen MR) is 87.2 cm³/mol. The van der Waals surface area contributed by atoms with Crippen LogP contribution in [-0.4, -0.2) is 70.0 Å². The summed E-state index contributed by atoms with van der Waals surface area (Å²) in [6, 6.07) is 0. The lowest BCUT2D eigenvalue weighted by Gasteiger charge is -2.39. The number of morpholine rings is 1. The van der Waals surface area contributed by atoms with E-state index in [1.54, 1.807) is 11.1 Å². The zero-order valence-corrected chi connectivity index (χ0v) is 14.2. The number of ether oxygens (including phenoxy) is 1. The standard InChI is InChI=1S/C17H24N4O3/c1-12-9-21(10-13(2)24-12)16(22)14-4-3-7-20(11-14)17(23)15-8-18-5-6-19-15/h5-6,8,12-14H,3-4,7,9-11H2,1-2H3. The number of amides is 2. The first kappa shape index (κ1) is 16.8. The molecule has 2 fully saturated rings. The summed E-state index contributed by atoms with van der Waals surface area (Å²) in [6.07, 6.45) is 6.29. The van der Waals surface area contributed by atoms with Gasteiger partial charge in [-0.15, -0.1) is 0 Å². The molecule has 2 saturated heterocycles. The molecule has 0 aromatic carbocycles. The number of hydrogen-bond donors (Lipinski definition) is 0. The number of aromatic nitrogens is 2. The largest absolute Gasteiger partial charge is 0.372 e. The molecule has 0 saturated carbocycles. The van der Waals surface area contributed by atoms with Gasteiger partial charge in [-0.05, 0) is 26.7 Å². The van der Waals surface area contributed by atoms with Gasteiger partial charge < -0.3 is 14.5 Å². The molecule has 1 aromatic rings. The summed E-state index contributed by atoms with van der Waals surface area (Å²) in [5, 5.41) is 0. The molecule has 0 radical (unpaired) electrons. The Morgan fingerprint density at radius 3 is 2.54 bits per heavy atom. The van der Waals surface area contributed by atoms with Crippen LogP contribution in [0.25, 0.3) is 0 Å². The summed E-state index contributed by atoms with van der Waals surface area (Å²) in [6.45, 7) is 6.33. The predicted octanol–water partition coefficient (Wildman–Crippen LogP) is 0.965. The second-order valence-electron chi connectivity index (χ2n) is 6.68. The summed E-state index contributed by atoms with van der Waals surface area (Å²) < 4.78 is 5.70. The monoisotopic (exact) mass is 332 g/mol. The maximum Gasteiger partial charge on any atom is 0.274 e. The molecule has 0 aliphatic carbocycles. The zero-order chi connectivity index (χ0) is 17.1. The average molecular weight is 332 g/mol. The van der Waals surface area contributed by atoms with E-state index in [9.17, 15) is 9.59 Å². The molecule has 0 N–H and O–H groups in total. The molecule has 3 heterocycles. The highest BCUT2D eigenvalue weighted by atomic mass is 16.5. The number of carbonyl (C=O) groups excluding carboxylic acids is 2. The van der Waals surface area contributed by atoms with E-state index in [2.05, 4.69) is 9.97 Å². The molecule has 3 unspecified atom stereocenters. The Morgan fingerprint density at radius 2 is 1.88 bits per heavy atom. The molecule has 24 heavy (non-hydrogen) atoms. The number of likely N-dealkylation sites (tertiary alicyclic amines) is 1. The molecule has 7 heteroatoms. The van der Waals surface area contributed by atoms with Crippen molar-refractivity contribution >= 4 is 11.8 Å². The van der Waals surface area contributed by atoms with Crippen LogP contribution in [0.5, 0.6) is 0 Å². The lowest BCUT2D eigenvalue weighted by atomic mass is 9.95. The lowest BCUT2D eigenvalue weighted by Crippen LogP contribution is -2.53. The minimum atomic E-state index is -0.149. The summed E-state index contributed by atoms with van der Waals surface area (Å²) in [5.74, 6) is -0.158. The van der Waals surface area contributed by atoms with Crippen molar-refractivity contribution in [2.45, 2.75) is 38.9 Å². The number of nitrogens with zero attached hydrogens (tertiary/aromatic N) is 4. The van der Waals surface area contributed by atoms with Crippen LogP contribution in [0.15, 0.2) is 18.6 Å². The Bertz CT molecular complexity index is 585. The molecule has 1 aromatic heterocycles. The summed E-state index contributed by atoms with van der Waals surface area (Å²) in [5.41, 5.74) is 0.333. The third kappa shape index (κ3) is 3.72. The quantitative estimate of drug-likeness (QED) is 0.806. The van der Waals surface area contributed by atoms with Crippen molar-refractivity contribution in [1.29, 1.82) is 0 Å². The topological polar surface area (TPSA) is 75.6 Å². The van der Waals surface area contributed by atoms with E-state index >= 15 is 0 Å². The number of carbonyl (C=O) groups is 2. The van der Waals surface area contributed by atoms with Crippen LogP contribution < -0.4 is 0 Å². The third-order valence-electron chi connectivity index (χ3n) is 4.57. The van der Waals surface area contributed by atoms with Crippen molar-refractivity contribution in [1.82, 2.24) is 19.8 Å². The highest BCUT2D eigenvalue weighted by molar-refractivity contribution is 5.92. The van der Waals surface area contributed by atoms with Crippen LogP contribution in [0.3, 0.4) is 0 Å². The van der Waals surface area contributed by atoms with Gasteiger partial charge >= 0.3 is 0 Å². The van der Waals surface area contributed by atoms with E-state index in [-0.39, 0.29) is 29.9 Å². The fraction of sp³-hybridized carbons (Fsp3) is 0.647. The van der Waals surface area contributed by atoms with Gasteiger partial charge in [0.25, 0.3) is 5.91 Å². The van der Waals surface area contributed by atoms with Gasteiger partial charge in [-0.25, -0.2) is 4.98 Å². The fourth-order valence-electron chi connectivity index (χ4n) is 3.55. The van der Waals surface area contributed by atoms with Gasteiger partial charge in [0.1, 0.15) is 5.69 Å². The van der Waals surface area contributed by atoms with Crippen LogP contribution >= 0.6 is 0 Å². The van der Waals surface area contributed by atoms with Crippen LogP contribution in [0.4, 0.5) is 0 Å². The van der Waals surface area contributed by atoms with Gasteiger partial charge in [0.15, 0.2) is 0 Å². The third-order valence-corrected chi connectivity index (χ3v) is 4.57. The van der Waals surface area contributed by atoms with Crippen LogP contribution in [0.1, 0.15) is 37.2 Å². The maximum absolute atomic E-state index is 12.9. The Hall–Kier alpha value is -2.02. The second-order valence-corrected chi connectivity index (χ2v) is 6.68. The van der Waals surface area contributed by atoms with Crippen molar-refractivity contribution in [3.8, 4) is 0 Å². The van der Waals surface area contributed by atoms with Crippen molar-refractivity contribution in [2.24, 2.45) is 5.92 Å². The van der Waals surface area contributed by atoms with Gasteiger partial charge in [-0.2, -0.15) is 0 Å². The van der Waals surface area contributed by atoms with Crippen molar-refractivity contribution < 1.29 is 14.3 Å². The molecule has 2 aliphatic heterocycles. The number of rotatable bonds is 2. The molecular weight excluding hydrogens is 308 g/mol. The molecule has 3 atom stereocenters. The Kier molecular flexibility index (Phi) is 5.08. The first-order valence-electron chi connectivity index (χ1n) is 8.54. The minimum absolute atomic E-state index is 0.0543. The second kappa shape index (κ2) is 7.25. The number of hydrogen-bond acceptors (Lipinski definition) is 5. The minimum Gasteiger partial charge on any atom is -0.372 e. The Labute approximate surface area is 142 Å². The normalized spacial score (nSPS) is 27.8. The smallest absolute Gasteiger partial charge is 0.274 e. The number of piperidine rings is 1. The Balaban J connectivity index is 1.65. The SMILES string of the molecule is CC1CN(C(=O)C2CCCN(C(=O)c3cnccn3)C2)CC(C)O1. The molecule has 7 nitrogen and oxygen atoms in total. The van der Waals surface area contributed by atoms with E-state index in [0.717, 1.165) is 12.8 Å². The molecule has 3 rings (SSSR count). The van der Waals surface area contributed by atoms with Crippen molar-refractivity contribution in [2.75, 3.05) is 26.2 Å². The van der Waals surface area contributed by atoms with Gasteiger partial charge in [0.2, 0.25) is 5.91 Å². The first-order valence-corrected chi connectivity index (χ1v) is 8.54. The first-order chi connectivity index (χ1) is 11.5. The van der Waals surface area contributed by atoms with Crippen LogP contribution in [0.2, 0.25) is 0 Å². The summed E-state index contributed by atoms with van der Waals surface area (Å²) in [4.78, 5) is 37.0. The zero-order valence-electron chi connectivity index (χ0n) is 14.2. The molecular formula is C17H24N4O3. The molecule has 0 bridgehead atoms. The van der Waals surface area contributed by atoms with Gasteiger partial charge in [-0.3, -0.25) is 14.6 Å². The van der Waals surface area contributed by atoms with E-state index in [1.165, 1.54) is 12.4 Å². The summed E-state index contributed by atoms with van der Waals surface area (Å²) in [7, 11) is 0. The fourth-order valence-corrected chi connectivity index (χ4v) is 3.55. The molecule has 0 spiro atoms. The van der Waals surface area contributed by atoms with Crippen molar-refractivity contribution in [3.05, 3.63) is 24.3 Å². The van der Waals surface area contributed by atoms with Gasteiger partial charge in [0, 0.05) is 38.6 Å².